The summed E-state index contributed by atoms with van der Waals surface area (Å²) in [5.74, 6) is 0.833. The normalized spacial score (nSPS) is 38.8. The molecule has 3 aliphatic rings. The molecule has 2 saturated carbocycles. The van der Waals surface area contributed by atoms with E-state index in [1.165, 1.54) is 5.57 Å². The van der Waals surface area contributed by atoms with E-state index in [1.54, 1.807) is 13.0 Å². The van der Waals surface area contributed by atoms with Crippen molar-refractivity contribution in [2.75, 3.05) is 0 Å². The van der Waals surface area contributed by atoms with E-state index >= 15 is 0 Å². The second-order valence-electron chi connectivity index (χ2n) is 8.61. The Bertz CT molecular complexity index is 637. The summed E-state index contributed by atoms with van der Waals surface area (Å²) in [6, 6.07) is 0. The number of esters is 1. The van der Waals surface area contributed by atoms with Gasteiger partial charge in [0.25, 0.3) is 0 Å². The smallest absolute Gasteiger partial charge is 0.333 e. The maximum Gasteiger partial charge on any atom is 0.333 e. The number of ether oxygens (including phenoxy) is 1. The fourth-order valence-corrected chi connectivity index (χ4v) is 4.76. The van der Waals surface area contributed by atoms with Crippen molar-refractivity contribution in [2.45, 2.75) is 66.9 Å². The van der Waals surface area contributed by atoms with Gasteiger partial charge in [-0.1, -0.05) is 32.4 Å². The summed E-state index contributed by atoms with van der Waals surface area (Å²) in [4.78, 5) is 24.5. The summed E-state index contributed by atoms with van der Waals surface area (Å²) >= 11 is 0. The molecule has 0 aromatic carbocycles. The molecule has 23 heavy (non-hydrogen) atoms. The number of ketones is 1. The van der Waals surface area contributed by atoms with Crippen molar-refractivity contribution >= 4 is 11.8 Å². The Kier molecular flexibility index (Phi) is 3.62. The van der Waals surface area contributed by atoms with Gasteiger partial charge in [0.05, 0.1) is 0 Å². The number of hydrogen-bond donors (Lipinski definition) is 0. The molecule has 3 rings (SSSR count). The Labute approximate surface area is 139 Å². The van der Waals surface area contributed by atoms with Gasteiger partial charge in [0.15, 0.2) is 5.78 Å². The highest BCUT2D eigenvalue weighted by Crippen LogP contribution is 2.69. The Morgan fingerprint density at radius 2 is 1.96 bits per heavy atom. The van der Waals surface area contributed by atoms with E-state index in [4.69, 9.17) is 4.74 Å². The fourth-order valence-electron chi connectivity index (χ4n) is 4.76. The van der Waals surface area contributed by atoms with Gasteiger partial charge in [0.2, 0.25) is 0 Å². The average molecular weight is 316 g/mol. The Hall–Kier alpha value is -1.38. The molecule has 4 atom stereocenters. The quantitative estimate of drug-likeness (QED) is 0.566. The standard InChI is InChI=1S/C20H28O3/c1-7-11(2)18(22)23-17-15-10-20(15,6)14-8-16(21)12(3)13(14)9-19(17,4)5/h7,14-15,17H,8-10H2,1-6H3. The summed E-state index contributed by atoms with van der Waals surface area (Å²) in [5, 5.41) is 0. The highest BCUT2D eigenvalue weighted by Gasteiger charge is 2.66. The summed E-state index contributed by atoms with van der Waals surface area (Å²) in [6.45, 7) is 12.3. The van der Waals surface area contributed by atoms with Crippen molar-refractivity contribution in [3.05, 3.63) is 22.8 Å². The lowest BCUT2D eigenvalue weighted by atomic mass is 9.78. The largest absolute Gasteiger partial charge is 0.458 e. The van der Waals surface area contributed by atoms with Gasteiger partial charge in [0.1, 0.15) is 6.10 Å². The van der Waals surface area contributed by atoms with E-state index in [-0.39, 0.29) is 22.9 Å². The van der Waals surface area contributed by atoms with Crippen LogP contribution in [0.2, 0.25) is 0 Å². The lowest BCUT2D eigenvalue weighted by Crippen LogP contribution is -2.36. The molecule has 0 N–H and O–H groups in total. The second-order valence-corrected chi connectivity index (χ2v) is 8.61. The number of allylic oxidation sites excluding steroid dienone is 3. The fraction of sp³-hybridized carbons (Fsp3) is 0.700. The molecule has 3 nitrogen and oxygen atoms in total. The number of carbonyl (C=O) groups excluding carboxylic acids is 2. The molecule has 0 aliphatic heterocycles. The third kappa shape index (κ3) is 2.40. The molecule has 126 valence electrons. The molecule has 0 heterocycles. The van der Waals surface area contributed by atoms with E-state index in [1.807, 2.05) is 13.8 Å². The monoisotopic (exact) mass is 316 g/mol. The van der Waals surface area contributed by atoms with Crippen LogP contribution in [0.25, 0.3) is 0 Å². The first kappa shape index (κ1) is 16.5. The van der Waals surface area contributed by atoms with Crippen molar-refractivity contribution in [1.82, 2.24) is 0 Å². The first-order chi connectivity index (χ1) is 10.6. The molecule has 0 radical (unpaired) electrons. The van der Waals surface area contributed by atoms with Crippen LogP contribution < -0.4 is 0 Å². The van der Waals surface area contributed by atoms with Gasteiger partial charge in [0, 0.05) is 23.3 Å². The molecule has 3 aliphatic carbocycles. The minimum Gasteiger partial charge on any atom is -0.458 e. The van der Waals surface area contributed by atoms with E-state index in [2.05, 4.69) is 20.8 Å². The van der Waals surface area contributed by atoms with Crippen LogP contribution in [-0.4, -0.2) is 17.9 Å². The number of hydrogen-bond acceptors (Lipinski definition) is 3. The lowest BCUT2D eigenvalue weighted by Gasteiger charge is -2.34. The van der Waals surface area contributed by atoms with Gasteiger partial charge < -0.3 is 4.74 Å². The van der Waals surface area contributed by atoms with Crippen molar-refractivity contribution in [3.63, 3.8) is 0 Å². The molecule has 0 aromatic heterocycles. The highest BCUT2D eigenvalue weighted by atomic mass is 16.5. The molecule has 4 unspecified atom stereocenters. The molecule has 0 saturated heterocycles. The maximum atomic E-state index is 12.3. The first-order valence-electron chi connectivity index (χ1n) is 8.68. The Balaban J connectivity index is 1.96. The van der Waals surface area contributed by atoms with Gasteiger partial charge in [-0.2, -0.15) is 0 Å². The minimum absolute atomic E-state index is 0.0732. The van der Waals surface area contributed by atoms with Crippen LogP contribution in [0.3, 0.4) is 0 Å². The van der Waals surface area contributed by atoms with Gasteiger partial charge >= 0.3 is 5.97 Å². The zero-order valence-corrected chi connectivity index (χ0v) is 15.2. The number of fused-ring (bicyclic) bond motifs is 3. The first-order valence-corrected chi connectivity index (χ1v) is 8.68. The van der Waals surface area contributed by atoms with E-state index in [0.29, 0.717) is 29.6 Å². The highest BCUT2D eigenvalue weighted by molar-refractivity contribution is 5.99. The molecule has 3 heteroatoms. The molecule has 2 fully saturated rings. The van der Waals surface area contributed by atoms with Gasteiger partial charge in [-0.3, -0.25) is 4.79 Å². The summed E-state index contributed by atoms with van der Waals surface area (Å²) in [6.07, 6.45) is 4.29. The van der Waals surface area contributed by atoms with Crippen LogP contribution in [0.4, 0.5) is 0 Å². The summed E-state index contributed by atoms with van der Waals surface area (Å²) in [5.41, 5.74) is 2.93. The predicted octanol–water partition coefficient (Wildman–Crippen LogP) is 4.23. The Morgan fingerprint density at radius 1 is 1.30 bits per heavy atom. The molecule has 0 amide bonds. The van der Waals surface area contributed by atoms with E-state index in [9.17, 15) is 9.59 Å². The van der Waals surface area contributed by atoms with E-state index in [0.717, 1.165) is 18.4 Å². The minimum atomic E-state index is -0.200. The van der Waals surface area contributed by atoms with Crippen molar-refractivity contribution in [2.24, 2.45) is 22.7 Å². The predicted molar refractivity (Wildman–Crippen MR) is 89.7 cm³/mol. The average Bonchev–Trinajstić information content (AvgIpc) is 3.10. The topological polar surface area (TPSA) is 43.4 Å². The third-order valence-corrected chi connectivity index (χ3v) is 6.62. The van der Waals surface area contributed by atoms with Crippen molar-refractivity contribution in [1.29, 1.82) is 0 Å². The number of rotatable bonds is 2. The molecular formula is C20H28O3. The third-order valence-electron chi connectivity index (χ3n) is 6.62. The molecular weight excluding hydrogens is 288 g/mol. The number of carbonyl (C=O) groups is 2. The van der Waals surface area contributed by atoms with Crippen LogP contribution in [0.15, 0.2) is 22.8 Å². The zero-order valence-electron chi connectivity index (χ0n) is 15.2. The van der Waals surface area contributed by atoms with Crippen LogP contribution in [0.5, 0.6) is 0 Å². The Morgan fingerprint density at radius 3 is 2.57 bits per heavy atom. The van der Waals surface area contributed by atoms with Gasteiger partial charge in [-0.25, -0.2) is 4.79 Å². The lowest BCUT2D eigenvalue weighted by molar-refractivity contribution is -0.152. The summed E-state index contributed by atoms with van der Waals surface area (Å²) < 4.78 is 5.97. The van der Waals surface area contributed by atoms with E-state index < -0.39 is 0 Å². The molecule has 0 aromatic rings. The molecule has 0 bridgehead atoms. The summed E-state index contributed by atoms with van der Waals surface area (Å²) in [7, 11) is 0. The molecule has 0 spiro atoms. The van der Waals surface area contributed by atoms with Crippen LogP contribution in [0, 0.1) is 22.7 Å². The van der Waals surface area contributed by atoms with Crippen molar-refractivity contribution < 1.29 is 14.3 Å². The maximum absolute atomic E-state index is 12.3. The van der Waals surface area contributed by atoms with Crippen molar-refractivity contribution in [3.8, 4) is 0 Å². The zero-order chi connectivity index (χ0) is 17.2. The van der Waals surface area contributed by atoms with Crippen LogP contribution in [0.1, 0.15) is 60.8 Å². The number of Topliss-reactive ketones (excluding diaryl/α,β-unsaturated/α-hetero) is 1. The second kappa shape index (κ2) is 5.06. The van der Waals surface area contributed by atoms with Crippen LogP contribution >= 0.6 is 0 Å². The van der Waals surface area contributed by atoms with Crippen LogP contribution in [-0.2, 0) is 14.3 Å². The van der Waals surface area contributed by atoms with Gasteiger partial charge in [-0.05, 0) is 50.5 Å². The van der Waals surface area contributed by atoms with Gasteiger partial charge in [-0.15, -0.1) is 0 Å². The SMILES string of the molecule is CC=C(C)C(=O)OC1C2CC2(C)C2CC(=O)C(C)=C2CC1(C)C.